The van der Waals surface area contributed by atoms with Crippen LogP contribution in [0.5, 0.6) is 6.01 Å². The van der Waals surface area contributed by atoms with Crippen LogP contribution in [0.15, 0.2) is 6.07 Å². The van der Waals surface area contributed by atoms with Crippen molar-refractivity contribution in [2.75, 3.05) is 12.3 Å². The van der Waals surface area contributed by atoms with Crippen molar-refractivity contribution in [1.29, 1.82) is 0 Å². The number of nitrogens with zero attached hydrogens (tertiary/aromatic N) is 5. The van der Waals surface area contributed by atoms with Crippen LogP contribution in [-0.2, 0) is 0 Å². The molecule has 2 heterocycles. The number of aromatic nitrogens is 5. The molecule has 7 nitrogen and oxygen atoms in total. The van der Waals surface area contributed by atoms with E-state index in [2.05, 4.69) is 20.1 Å². The molecule has 0 saturated carbocycles. The zero-order valence-corrected chi connectivity index (χ0v) is 10.0. The number of nitrogen functional groups attached to an aromatic ring is 1. The molecule has 90 valence electrons. The van der Waals surface area contributed by atoms with Crippen LogP contribution < -0.4 is 10.5 Å². The molecule has 0 aliphatic heterocycles. The molecule has 0 unspecified atom stereocenters. The van der Waals surface area contributed by atoms with Gasteiger partial charge in [-0.05, 0) is 26.8 Å². The first-order valence-electron chi connectivity index (χ1n) is 5.28. The molecule has 0 atom stereocenters. The second kappa shape index (κ2) is 4.36. The van der Waals surface area contributed by atoms with E-state index in [9.17, 15) is 0 Å². The van der Waals surface area contributed by atoms with Gasteiger partial charge in [-0.3, -0.25) is 0 Å². The number of hydrogen-bond acceptors (Lipinski definition) is 6. The van der Waals surface area contributed by atoms with Gasteiger partial charge in [-0.1, -0.05) is 0 Å². The smallest absolute Gasteiger partial charge is 0.337 e. The fourth-order valence-corrected chi connectivity index (χ4v) is 1.44. The Hall–Kier alpha value is -2.18. The van der Waals surface area contributed by atoms with Crippen LogP contribution in [-0.4, -0.2) is 31.3 Å². The van der Waals surface area contributed by atoms with Crippen molar-refractivity contribution in [1.82, 2.24) is 24.7 Å². The maximum Gasteiger partial charge on any atom is 0.337 e. The van der Waals surface area contributed by atoms with Gasteiger partial charge in [0.2, 0.25) is 5.95 Å². The molecule has 0 aliphatic rings. The Labute approximate surface area is 98.7 Å². The Morgan fingerprint density at radius 2 is 1.88 bits per heavy atom. The van der Waals surface area contributed by atoms with Gasteiger partial charge in [0.05, 0.1) is 6.61 Å². The van der Waals surface area contributed by atoms with E-state index in [-0.39, 0.29) is 12.0 Å². The second-order valence-electron chi connectivity index (χ2n) is 3.55. The first-order valence-corrected chi connectivity index (χ1v) is 5.28. The third kappa shape index (κ3) is 2.32. The summed E-state index contributed by atoms with van der Waals surface area (Å²) in [5.41, 5.74) is 7.43. The average Bonchev–Trinajstić information content (AvgIpc) is 2.58. The molecule has 2 aromatic rings. The van der Waals surface area contributed by atoms with Crippen LogP contribution >= 0.6 is 0 Å². The molecule has 2 rings (SSSR count). The van der Waals surface area contributed by atoms with Gasteiger partial charge in [0, 0.05) is 11.4 Å². The Morgan fingerprint density at radius 3 is 2.47 bits per heavy atom. The lowest BCUT2D eigenvalue weighted by Gasteiger charge is -2.02. The second-order valence-corrected chi connectivity index (χ2v) is 3.55. The summed E-state index contributed by atoms with van der Waals surface area (Å²) in [6.45, 7) is 6.10. The number of hydrogen-bond donors (Lipinski definition) is 1. The Morgan fingerprint density at radius 1 is 1.24 bits per heavy atom. The van der Waals surface area contributed by atoms with E-state index < -0.39 is 0 Å². The number of nitrogens with two attached hydrogens (primary N) is 1. The summed E-state index contributed by atoms with van der Waals surface area (Å²) in [7, 11) is 0. The lowest BCUT2D eigenvalue weighted by atomic mass is 10.4. The van der Waals surface area contributed by atoms with Crippen molar-refractivity contribution in [2.24, 2.45) is 0 Å². The van der Waals surface area contributed by atoms with Crippen molar-refractivity contribution in [3.8, 4) is 12.0 Å². The molecule has 0 radical (unpaired) electrons. The normalized spacial score (nSPS) is 10.5. The highest BCUT2D eigenvalue weighted by Crippen LogP contribution is 2.12. The monoisotopic (exact) mass is 234 g/mol. The Balaban J connectivity index is 2.44. The van der Waals surface area contributed by atoms with Gasteiger partial charge in [0.25, 0.3) is 5.95 Å². The molecule has 0 fully saturated rings. The molecule has 0 amide bonds. The summed E-state index contributed by atoms with van der Waals surface area (Å²) in [6.07, 6.45) is 0. The summed E-state index contributed by atoms with van der Waals surface area (Å²) in [5, 5.41) is 4.09. The topological polar surface area (TPSA) is 91.7 Å². The SMILES string of the molecule is CCOc1nc(N)n(-c2nc(C)cc(C)n2)n1. The summed E-state index contributed by atoms with van der Waals surface area (Å²) in [5.74, 6) is 0.608. The zero-order valence-electron chi connectivity index (χ0n) is 10.0. The molecular weight excluding hydrogens is 220 g/mol. The molecule has 17 heavy (non-hydrogen) atoms. The largest absolute Gasteiger partial charge is 0.463 e. The first kappa shape index (κ1) is 11.3. The average molecular weight is 234 g/mol. The predicted octanol–water partition coefficient (Wildman–Crippen LogP) is 0.655. The molecule has 0 aliphatic carbocycles. The van der Waals surface area contributed by atoms with E-state index >= 15 is 0 Å². The quantitative estimate of drug-likeness (QED) is 0.838. The minimum Gasteiger partial charge on any atom is -0.463 e. The first-order chi connectivity index (χ1) is 8.10. The van der Waals surface area contributed by atoms with Crippen LogP contribution in [0.4, 0.5) is 5.95 Å². The van der Waals surface area contributed by atoms with Crippen molar-refractivity contribution in [3.05, 3.63) is 17.5 Å². The number of ether oxygens (including phenoxy) is 1. The summed E-state index contributed by atoms with van der Waals surface area (Å²) < 4.78 is 6.54. The highest BCUT2D eigenvalue weighted by atomic mass is 16.5. The predicted molar refractivity (Wildman–Crippen MR) is 62.0 cm³/mol. The highest BCUT2D eigenvalue weighted by Gasteiger charge is 2.12. The lowest BCUT2D eigenvalue weighted by molar-refractivity contribution is 0.312. The molecule has 7 heteroatoms. The number of anilines is 1. The van der Waals surface area contributed by atoms with Crippen LogP contribution in [0.25, 0.3) is 5.95 Å². The highest BCUT2D eigenvalue weighted by molar-refractivity contribution is 5.29. The molecule has 2 aromatic heterocycles. The minimum absolute atomic E-state index is 0.207. The molecule has 0 spiro atoms. The van der Waals surface area contributed by atoms with Crippen LogP contribution in [0.1, 0.15) is 18.3 Å². The molecule has 0 bridgehead atoms. The Kier molecular flexibility index (Phi) is 2.90. The van der Waals surface area contributed by atoms with E-state index in [0.29, 0.717) is 12.6 Å². The van der Waals surface area contributed by atoms with E-state index in [4.69, 9.17) is 10.5 Å². The van der Waals surface area contributed by atoms with Gasteiger partial charge in [-0.25, -0.2) is 9.97 Å². The summed E-state index contributed by atoms with van der Waals surface area (Å²) in [4.78, 5) is 12.5. The van der Waals surface area contributed by atoms with Crippen molar-refractivity contribution >= 4 is 5.95 Å². The van der Waals surface area contributed by atoms with Crippen LogP contribution in [0, 0.1) is 13.8 Å². The van der Waals surface area contributed by atoms with Gasteiger partial charge in [0.1, 0.15) is 0 Å². The van der Waals surface area contributed by atoms with Crippen LogP contribution in [0.3, 0.4) is 0 Å². The fourth-order valence-electron chi connectivity index (χ4n) is 1.44. The number of rotatable bonds is 3. The fraction of sp³-hybridized carbons (Fsp3) is 0.400. The van der Waals surface area contributed by atoms with Gasteiger partial charge in [0.15, 0.2) is 0 Å². The van der Waals surface area contributed by atoms with Crippen molar-refractivity contribution < 1.29 is 4.74 Å². The third-order valence-electron chi connectivity index (χ3n) is 2.05. The van der Waals surface area contributed by atoms with Gasteiger partial charge in [-0.15, -0.1) is 5.10 Å². The van der Waals surface area contributed by atoms with E-state index in [1.807, 2.05) is 26.8 Å². The summed E-state index contributed by atoms with van der Waals surface area (Å²) in [6, 6.07) is 2.10. The van der Waals surface area contributed by atoms with Crippen LogP contribution in [0.2, 0.25) is 0 Å². The maximum atomic E-state index is 5.73. The molecule has 0 saturated heterocycles. The standard InChI is InChI=1S/C10H14N6O/c1-4-17-10-14-8(11)16(15-10)9-12-6(2)5-7(3)13-9/h5H,4H2,1-3H3,(H2,11,14,15). The zero-order chi connectivity index (χ0) is 12.4. The minimum atomic E-state index is 0.207. The van der Waals surface area contributed by atoms with Gasteiger partial charge in [-0.2, -0.15) is 9.67 Å². The molecule has 0 aromatic carbocycles. The number of aryl methyl sites for hydroxylation is 2. The molecular formula is C10H14N6O. The van der Waals surface area contributed by atoms with Gasteiger partial charge >= 0.3 is 6.01 Å². The van der Waals surface area contributed by atoms with E-state index in [1.165, 1.54) is 4.68 Å². The maximum absolute atomic E-state index is 5.73. The molecule has 2 N–H and O–H groups in total. The van der Waals surface area contributed by atoms with Crippen molar-refractivity contribution in [2.45, 2.75) is 20.8 Å². The van der Waals surface area contributed by atoms with Gasteiger partial charge < -0.3 is 10.5 Å². The van der Waals surface area contributed by atoms with Crippen molar-refractivity contribution in [3.63, 3.8) is 0 Å². The summed E-state index contributed by atoms with van der Waals surface area (Å²) >= 11 is 0. The Bertz CT molecular complexity index is 515. The third-order valence-corrected chi connectivity index (χ3v) is 2.05. The lowest BCUT2D eigenvalue weighted by Crippen LogP contribution is -2.08. The van der Waals surface area contributed by atoms with E-state index in [1.54, 1.807) is 0 Å². The van der Waals surface area contributed by atoms with E-state index in [0.717, 1.165) is 11.4 Å².